The first-order chi connectivity index (χ1) is 20.7. The Morgan fingerprint density at radius 3 is 2.14 bits per heavy atom. The number of nitrogens with zero attached hydrogens (tertiary/aromatic N) is 1. The van der Waals surface area contributed by atoms with Gasteiger partial charge in [-0.05, 0) is 42.5 Å². The molecule has 0 fully saturated rings. The smallest absolute Gasteiger partial charge is 0.200 e. The van der Waals surface area contributed by atoms with E-state index in [2.05, 4.69) is 89.5 Å². The Kier molecular flexibility index (Phi) is 4.36. The standard InChI is InChI=1S/C37H19NO2S2/c39-35-25-10-2-5-14-30(25)40-31-18-26-23-11-7-13-29(36(23)42-33(26)19-27(31)35)38-28-12-4-1-8-20(28)22-16-17-24-21-9-3-6-15-32(21)41-37(24)34(22)38/h1-19H. The van der Waals surface area contributed by atoms with Gasteiger partial charge in [0.25, 0.3) is 0 Å². The summed E-state index contributed by atoms with van der Waals surface area (Å²) < 4.78 is 13.6. The summed E-state index contributed by atoms with van der Waals surface area (Å²) in [6.07, 6.45) is 0. The molecule has 10 rings (SSSR count). The molecule has 0 saturated heterocycles. The normalized spacial score (nSPS) is 12.4. The number of para-hydroxylation sites is 2. The van der Waals surface area contributed by atoms with Crippen LogP contribution in [0.25, 0.3) is 89.8 Å². The van der Waals surface area contributed by atoms with Crippen LogP contribution in [0, 0.1) is 0 Å². The van der Waals surface area contributed by atoms with Gasteiger partial charge in [0.05, 0.1) is 36.9 Å². The summed E-state index contributed by atoms with van der Waals surface area (Å²) in [5.74, 6) is 0. The highest BCUT2D eigenvalue weighted by Gasteiger charge is 2.20. The van der Waals surface area contributed by atoms with Gasteiger partial charge in [-0.3, -0.25) is 4.79 Å². The Morgan fingerprint density at radius 1 is 0.500 bits per heavy atom. The Labute approximate surface area is 246 Å². The molecule has 0 spiro atoms. The average molecular weight is 574 g/mol. The van der Waals surface area contributed by atoms with Gasteiger partial charge in [0, 0.05) is 41.7 Å². The molecule has 4 aromatic heterocycles. The molecule has 4 heterocycles. The van der Waals surface area contributed by atoms with Crippen LogP contribution in [-0.2, 0) is 0 Å². The van der Waals surface area contributed by atoms with Crippen molar-refractivity contribution < 1.29 is 4.42 Å². The van der Waals surface area contributed by atoms with Crippen molar-refractivity contribution in [3.05, 3.63) is 125 Å². The number of fused-ring (bicyclic) bond motifs is 12. The third kappa shape index (κ3) is 2.86. The summed E-state index contributed by atoms with van der Waals surface area (Å²) in [4.78, 5) is 13.4. The Morgan fingerprint density at radius 2 is 1.21 bits per heavy atom. The Balaban J connectivity index is 1.36. The van der Waals surface area contributed by atoms with Gasteiger partial charge in [0.2, 0.25) is 5.43 Å². The van der Waals surface area contributed by atoms with Gasteiger partial charge >= 0.3 is 0 Å². The molecule has 0 aliphatic rings. The van der Waals surface area contributed by atoms with Crippen LogP contribution < -0.4 is 5.43 Å². The van der Waals surface area contributed by atoms with Gasteiger partial charge in [-0.2, -0.15) is 0 Å². The quantitative estimate of drug-likeness (QED) is 0.183. The topological polar surface area (TPSA) is 35.1 Å². The van der Waals surface area contributed by atoms with Gasteiger partial charge in [0.15, 0.2) is 0 Å². The minimum absolute atomic E-state index is 0.0148. The van der Waals surface area contributed by atoms with E-state index in [1.807, 2.05) is 41.7 Å². The van der Waals surface area contributed by atoms with Crippen LogP contribution in [0.1, 0.15) is 0 Å². The van der Waals surface area contributed by atoms with Crippen molar-refractivity contribution in [2.75, 3.05) is 0 Å². The molecule has 196 valence electrons. The maximum absolute atomic E-state index is 13.4. The highest BCUT2D eigenvalue weighted by Crippen LogP contribution is 2.45. The van der Waals surface area contributed by atoms with E-state index in [1.165, 1.54) is 52.1 Å². The van der Waals surface area contributed by atoms with Gasteiger partial charge in [-0.15, -0.1) is 22.7 Å². The lowest BCUT2D eigenvalue weighted by Crippen LogP contribution is -2.01. The highest BCUT2D eigenvalue weighted by molar-refractivity contribution is 7.27. The Hall–Kier alpha value is -4.97. The predicted molar refractivity (Wildman–Crippen MR) is 180 cm³/mol. The van der Waals surface area contributed by atoms with E-state index in [0.717, 1.165) is 15.8 Å². The first-order valence-corrected chi connectivity index (χ1v) is 15.5. The lowest BCUT2D eigenvalue weighted by molar-refractivity contribution is 0.660. The van der Waals surface area contributed by atoms with E-state index < -0.39 is 0 Å². The summed E-state index contributed by atoms with van der Waals surface area (Å²) in [5, 5.41) is 8.61. The fourth-order valence-electron chi connectivity index (χ4n) is 6.73. The van der Waals surface area contributed by atoms with E-state index >= 15 is 0 Å². The maximum Gasteiger partial charge on any atom is 0.200 e. The number of thiophene rings is 2. The van der Waals surface area contributed by atoms with Crippen molar-refractivity contribution >= 4 is 107 Å². The van der Waals surface area contributed by atoms with Crippen molar-refractivity contribution in [2.45, 2.75) is 0 Å². The third-order valence-electron chi connectivity index (χ3n) is 8.59. The maximum atomic E-state index is 13.4. The molecular weight excluding hydrogens is 555 g/mol. The molecule has 0 N–H and O–H groups in total. The first-order valence-electron chi connectivity index (χ1n) is 13.9. The zero-order valence-corrected chi connectivity index (χ0v) is 23.7. The van der Waals surface area contributed by atoms with E-state index in [-0.39, 0.29) is 5.43 Å². The number of rotatable bonds is 1. The van der Waals surface area contributed by atoms with Gasteiger partial charge in [0.1, 0.15) is 11.2 Å². The van der Waals surface area contributed by atoms with Crippen molar-refractivity contribution in [1.82, 2.24) is 4.57 Å². The van der Waals surface area contributed by atoms with E-state index in [9.17, 15) is 4.79 Å². The second-order valence-electron chi connectivity index (χ2n) is 10.8. The van der Waals surface area contributed by atoms with Crippen LogP contribution in [0.15, 0.2) is 124 Å². The monoisotopic (exact) mass is 573 g/mol. The van der Waals surface area contributed by atoms with Crippen LogP contribution in [0.4, 0.5) is 0 Å². The van der Waals surface area contributed by atoms with Crippen LogP contribution in [0.5, 0.6) is 0 Å². The van der Waals surface area contributed by atoms with Crippen molar-refractivity contribution in [3.8, 4) is 5.69 Å². The molecule has 42 heavy (non-hydrogen) atoms. The van der Waals surface area contributed by atoms with E-state index in [4.69, 9.17) is 4.42 Å². The van der Waals surface area contributed by atoms with Crippen molar-refractivity contribution in [1.29, 1.82) is 0 Å². The fraction of sp³-hybridized carbons (Fsp3) is 0. The second-order valence-corrected chi connectivity index (χ2v) is 12.9. The number of hydrogen-bond acceptors (Lipinski definition) is 4. The molecule has 0 atom stereocenters. The van der Waals surface area contributed by atoms with Crippen LogP contribution in [-0.4, -0.2) is 4.57 Å². The number of benzene rings is 6. The molecule has 5 heteroatoms. The zero-order chi connectivity index (χ0) is 27.5. The molecule has 0 bridgehead atoms. The third-order valence-corrected chi connectivity index (χ3v) is 11.0. The minimum atomic E-state index is 0.0148. The summed E-state index contributed by atoms with van der Waals surface area (Å²) >= 11 is 3.61. The van der Waals surface area contributed by atoms with E-state index in [0.29, 0.717) is 21.9 Å². The number of hydrogen-bond donors (Lipinski definition) is 0. The molecule has 0 amide bonds. The highest BCUT2D eigenvalue weighted by atomic mass is 32.1. The predicted octanol–water partition coefficient (Wildman–Crippen LogP) is 10.8. The summed E-state index contributed by atoms with van der Waals surface area (Å²) in [6, 6.07) is 40.1. The van der Waals surface area contributed by atoms with E-state index in [1.54, 1.807) is 11.3 Å². The first kappa shape index (κ1) is 22.7. The van der Waals surface area contributed by atoms with Gasteiger partial charge in [-0.1, -0.05) is 72.8 Å². The van der Waals surface area contributed by atoms with Crippen molar-refractivity contribution in [2.24, 2.45) is 0 Å². The van der Waals surface area contributed by atoms with Gasteiger partial charge in [-0.25, -0.2) is 0 Å². The van der Waals surface area contributed by atoms with Crippen LogP contribution in [0.2, 0.25) is 0 Å². The Bertz CT molecular complexity index is 2830. The van der Waals surface area contributed by atoms with Gasteiger partial charge < -0.3 is 8.98 Å². The molecule has 0 saturated carbocycles. The fourth-order valence-corrected chi connectivity index (χ4v) is 9.20. The lowest BCUT2D eigenvalue weighted by atomic mass is 10.1. The molecule has 3 nitrogen and oxygen atoms in total. The molecule has 0 unspecified atom stereocenters. The average Bonchev–Trinajstić information content (AvgIpc) is 3.70. The van der Waals surface area contributed by atoms with Crippen LogP contribution >= 0.6 is 22.7 Å². The molecule has 6 aromatic carbocycles. The molecule has 0 aliphatic heterocycles. The second kappa shape index (κ2) is 8.07. The lowest BCUT2D eigenvalue weighted by Gasteiger charge is -2.10. The summed E-state index contributed by atoms with van der Waals surface area (Å²) in [6.45, 7) is 0. The molecular formula is C37H19NO2S2. The largest absolute Gasteiger partial charge is 0.456 e. The SMILES string of the molecule is O=c1c2ccccc2oc2cc3c(cc12)sc1c(-n2c4ccccc4c4ccc5c6ccccc6sc5c42)cccc13. The number of aromatic nitrogens is 1. The molecule has 10 aromatic rings. The van der Waals surface area contributed by atoms with Crippen molar-refractivity contribution in [3.63, 3.8) is 0 Å². The van der Waals surface area contributed by atoms with Crippen LogP contribution in [0.3, 0.4) is 0 Å². The zero-order valence-electron chi connectivity index (χ0n) is 22.0. The molecule has 0 radical (unpaired) electrons. The minimum Gasteiger partial charge on any atom is -0.456 e. The summed E-state index contributed by atoms with van der Waals surface area (Å²) in [5.41, 5.74) is 4.84. The molecule has 0 aliphatic carbocycles. The summed E-state index contributed by atoms with van der Waals surface area (Å²) in [7, 11) is 0.